The molecule has 4 nitrogen and oxygen atoms in total. The minimum absolute atomic E-state index is 0.00640. The van der Waals surface area contributed by atoms with Crippen LogP contribution in [0.4, 0.5) is 4.79 Å². The molecule has 2 atom stereocenters. The predicted molar refractivity (Wildman–Crippen MR) is 107 cm³/mol. The van der Waals surface area contributed by atoms with Gasteiger partial charge in [0.1, 0.15) is 6.61 Å². The molecule has 144 valence electrons. The molecular formula is C24H25NO3. The quantitative estimate of drug-likeness (QED) is 0.818. The van der Waals surface area contributed by atoms with E-state index in [-0.39, 0.29) is 24.8 Å². The van der Waals surface area contributed by atoms with Crippen LogP contribution >= 0.6 is 0 Å². The van der Waals surface area contributed by atoms with Gasteiger partial charge >= 0.3 is 6.09 Å². The number of aliphatic hydroxyl groups is 1. The molecule has 2 unspecified atom stereocenters. The van der Waals surface area contributed by atoms with Gasteiger partial charge in [-0.05, 0) is 42.5 Å². The second-order valence-electron chi connectivity index (χ2n) is 7.85. The highest BCUT2D eigenvalue weighted by molar-refractivity contribution is 5.69. The average Bonchev–Trinajstić information content (AvgIpc) is 2.72. The summed E-state index contributed by atoms with van der Waals surface area (Å²) in [4.78, 5) is 14.7. The Morgan fingerprint density at radius 3 is 2.36 bits per heavy atom. The normalized spacial score (nSPS) is 26.4. The second kappa shape index (κ2) is 7.69. The van der Waals surface area contributed by atoms with Crippen LogP contribution in [-0.4, -0.2) is 28.2 Å². The van der Waals surface area contributed by atoms with Crippen molar-refractivity contribution in [1.29, 1.82) is 0 Å². The lowest BCUT2D eigenvalue weighted by Crippen LogP contribution is -2.58. The van der Waals surface area contributed by atoms with Crippen molar-refractivity contribution in [2.75, 3.05) is 0 Å². The number of hydrogen-bond donors (Lipinski definition) is 1. The molecule has 0 spiro atoms. The van der Waals surface area contributed by atoms with Gasteiger partial charge in [0.25, 0.3) is 0 Å². The lowest BCUT2D eigenvalue weighted by atomic mass is 9.72. The van der Waals surface area contributed by atoms with Crippen molar-refractivity contribution >= 4 is 6.09 Å². The van der Waals surface area contributed by atoms with Crippen molar-refractivity contribution in [3.63, 3.8) is 0 Å². The van der Waals surface area contributed by atoms with Crippen LogP contribution in [0.25, 0.3) is 0 Å². The van der Waals surface area contributed by atoms with Gasteiger partial charge in [0, 0.05) is 30.5 Å². The fourth-order valence-corrected chi connectivity index (χ4v) is 4.63. The number of amides is 1. The van der Waals surface area contributed by atoms with Crippen LogP contribution in [0.5, 0.6) is 0 Å². The molecule has 0 aliphatic carbocycles. The fourth-order valence-electron chi connectivity index (χ4n) is 4.63. The van der Waals surface area contributed by atoms with E-state index in [0.717, 1.165) is 36.0 Å². The summed E-state index contributed by atoms with van der Waals surface area (Å²) in [6, 6.07) is 17.2. The monoisotopic (exact) mass is 375 g/mol. The maximum Gasteiger partial charge on any atom is 0.410 e. The van der Waals surface area contributed by atoms with Crippen LogP contribution in [-0.2, 0) is 16.9 Å². The molecule has 2 saturated heterocycles. The highest BCUT2D eigenvalue weighted by Crippen LogP contribution is 2.44. The van der Waals surface area contributed by atoms with Gasteiger partial charge in [-0.2, -0.15) is 0 Å². The van der Waals surface area contributed by atoms with Gasteiger partial charge < -0.3 is 14.7 Å². The highest BCUT2D eigenvalue weighted by atomic mass is 16.6. The third-order valence-corrected chi connectivity index (χ3v) is 6.01. The molecule has 2 aromatic rings. The number of carbonyl (C=O) groups is 1. The molecule has 4 rings (SSSR count). The topological polar surface area (TPSA) is 49.8 Å². The SMILES string of the molecule is C#Cc1ccc(C2(O)CC3CCCC(C2)N3C(=O)OCc2ccccc2)cc1. The number of terminal acetylenes is 1. The Hall–Kier alpha value is -2.77. The predicted octanol–water partition coefficient (Wildman–Crippen LogP) is 4.21. The van der Waals surface area contributed by atoms with Gasteiger partial charge in [-0.25, -0.2) is 4.79 Å². The first-order chi connectivity index (χ1) is 13.6. The molecule has 1 amide bonds. The minimum atomic E-state index is -0.931. The lowest BCUT2D eigenvalue weighted by molar-refractivity contribution is -0.0896. The van der Waals surface area contributed by atoms with Gasteiger partial charge in [-0.3, -0.25) is 0 Å². The molecule has 0 aromatic heterocycles. The van der Waals surface area contributed by atoms with E-state index < -0.39 is 5.60 Å². The number of carbonyl (C=O) groups excluding carboxylic acids is 1. The molecule has 2 heterocycles. The van der Waals surface area contributed by atoms with Crippen molar-refractivity contribution in [1.82, 2.24) is 4.90 Å². The van der Waals surface area contributed by atoms with E-state index in [1.165, 1.54) is 0 Å². The average molecular weight is 375 g/mol. The molecule has 2 aliphatic rings. The number of fused-ring (bicyclic) bond motifs is 2. The van der Waals surface area contributed by atoms with Crippen LogP contribution in [0, 0.1) is 12.3 Å². The third-order valence-electron chi connectivity index (χ3n) is 6.01. The number of benzene rings is 2. The first kappa shape index (κ1) is 18.6. The smallest absolute Gasteiger partial charge is 0.410 e. The van der Waals surface area contributed by atoms with Crippen LogP contribution in [0.1, 0.15) is 48.8 Å². The van der Waals surface area contributed by atoms with E-state index in [4.69, 9.17) is 11.2 Å². The van der Waals surface area contributed by atoms with Gasteiger partial charge in [0.15, 0.2) is 0 Å². The van der Waals surface area contributed by atoms with Gasteiger partial charge in [-0.15, -0.1) is 6.42 Å². The van der Waals surface area contributed by atoms with E-state index in [0.29, 0.717) is 12.8 Å². The molecule has 0 saturated carbocycles. The summed E-state index contributed by atoms with van der Waals surface area (Å²) in [5.74, 6) is 2.61. The maximum atomic E-state index is 12.8. The molecule has 1 N–H and O–H groups in total. The van der Waals surface area contributed by atoms with E-state index in [9.17, 15) is 9.90 Å². The van der Waals surface area contributed by atoms with E-state index in [2.05, 4.69) is 5.92 Å². The second-order valence-corrected chi connectivity index (χ2v) is 7.85. The summed E-state index contributed by atoms with van der Waals surface area (Å²) in [6.45, 7) is 0.271. The van der Waals surface area contributed by atoms with Crippen molar-refractivity contribution in [3.8, 4) is 12.3 Å². The van der Waals surface area contributed by atoms with E-state index in [1.54, 1.807) is 0 Å². The Bertz CT molecular complexity index is 855. The van der Waals surface area contributed by atoms with Crippen LogP contribution in [0.15, 0.2) is 54.6 Å². The van der Waals surface area contributed by atoms with E-state index >= 15 is 0 Å². The molecule has 4 heteroatoms. The van der Waals surface area contributed by atoms with Crippen molar-refractivity contribution < 1.29 is 14.6 Å². The minimum Gasteiger partial charge on any atom is -0.445 e. The molecule has 2 bridgehead atoms. The van der Waals surface area contributed by atoms with Crippen molar-refractivity contribution in [2.24, 2.45) is 0 Å². The van der Waals surface area contributed by atoms with Crippen LogP contribution in [0.2, 0.25) is 0 Å². The number of ether oxygens (including phenoxy) is 1. The van der Waals surface area contributed by atoms with Crippen molar-refractivity contribution in [3.05, 3.63) is 71.3 Å². The first-order valence-corrected chi connectivity index (χ1v) is 9.87. The molecule has 2 aromatic carbocycles. The molecular weight excluding hydrogens is 350 g/mol. The zero-order valence-corrected chi connectivity index (χ0v) is 15.9. The Morgan fingerprint density at radius 1 is 1.11 bits per heavy atom. The zero-order valence-electron chi connectivity index (χ0n) is 15.9. The number of rotatable bonds is 3. The summed E-state index contributed by atoms with van der Waals surface area (Å²) in [5, 5.41) is 11.4. The number of nitrogens with zero attached hydrogens (tertiary/aromatic N) is 1. The lowest BCUT2D eigenvalue weighted by Gasteiger charge is -2.51. The highest BCUT2D eigenvalue weighted by Gasteiger charge is 2.48. The summed E-state index contributed by atoms with van der Waals surface area (Å²) < 4.78 is 5.59. The summed E-state index contributed by atoms with van der Waals surface area (Å²) in [7, 11) is 0. The molecule has 28 heavy (non-hydrogen) atoms. The summed E-state index contributed by atoms with van der Waals surface area (Å²) in [6.07, 6.45) is 9.07. The standard InChI is InChI=1S/C24H25NO3/c1-2-18-11-13-20(14-12-18)24(27)15-21-9-6-10-22(16-24)25(21)23(26)28-17-19-7-4-3-5-8-19/h1,3-5,7-8,11-14,21-22,27H,6,9-10,15-17H2. The first-order valence-electron chi connectivity index (χ1n) is 9.87. The van der Waals surface area contributed by atoms with Gasteiger partial charge in [0.05, 0.1) is 5.60 Å². The van der Waals surface area contributed by atoms with Crippen LogP contribution < -0.4 is 0 Å². The summed E-state index contributed by atoms with van der Waals surface area (Å²) >= 11 is 0. The van der Waals surface area contributed by atoms with Gasteiger partial charge in [-0.1, -0.05) is 48.4 Å². The Morgan fingerprint density at radius 2 is 1.75 bits per heavy atom. The van der Waals surface area contributed by atoms with E-state index in [1.807, 2.05) is 59.5 Å². The Labute approximate surface area is 166 Å². The largest absolute Gasteiger partial charge is 0.445 e. The summed E-state index contributed by atoms with van der Waals surface area (Å²) in [5.41, 5.74) is 1.72. The third kappa shape index (κ3) is 3.63. The molecule has 0 radical (unpaired) electrons. The zero-order chi connectivity index (χ0) is 19.6. The Kier molecular flexibility index (Phi) is 5.11. The fraction of sp³-hybridized carbons (Fsp3) is 0.375. The Balaban J connectivity index is 1.48. The van der Waals surface area contributed by atoms with Crippen LogP contribution in [0.3, 0.4) is 0 Å². The molecule has 2 fully saturated rings. The van der Waals surface area contributed by atoms with Crippen molar-refractivity contribution in [2.45, 2.75) is 56.4 Å². The number of hydrogen-bond acceptors (Lipinski definition) is 3. The molecule has 2 aliphatic heterocycles. The number of piperidine rings is 2. The van der Waals surface area contributed by atoms with Gasteiger partial charge in [0.2, 0.25) is 0 Å². The maximum absolute atomic E-state index is 12.8.